The van der Waals surface area contributed by atoms with Gasteiger partial charge in [0, 0.05) is 25.3 Å². The second kappa shape index (κ2) is 6.76. The predicted octanol–water partition coefficient (Wildman–Crippen LogP) is 2.59. The molecule has 1 aliphatic heterocycles. The van der Waals surface area contributed by atoms with Gasteiger partial charge in [-0.05, 0) is 44.2 Å². The van der Waals surface area contributed by atoms with Gasteiger partial charge in [-0.1, -0.05) is 6.07 Å². The maximum atomic E-state index is 13.8. The van der Waals surface area contributed by atoms with Gasteiger partial charge in [0.1, 0.15) is 11.3 Å². The largest absolute Gasteiger partial charge is 0.351 e. The Bertz CT molecular complexity index is 849. The SMILES string of the molecule is CN(Cc1nc2c(F)cccc2[nH]1)C[C@H]1CCCN1c1cccnn1. The third kappa shape index (κ3) is 3.32. The molecule has 0 aliphatic carbocycles. The van der Waals surface area contributed by atoms with Crippen molar-refractivity contribution in [3.05, 3.63) is 48.2 Å². The number of halogens is 1. The van der Waals surface area contributed by atoms with Crippen LogP contribution in [0.4, 0.5) is 10.2 Å². The molecule has 1 saturated heterocycles. The number of para-hydroxylation sites is 1. The third-order valence-corrected chi connectivity index (χ3v) is 4.68. The molecule has 3 aromatic rings. The number of aromatic nitrogens is 4. The van der Waals surface area contributed by atoms with Crippen LogP contribution in [0.3, 0.4) is 0 Å². The molecule has 0 spiro atoms. The molecular weight excluding hydrogens is 319 g/mol. The quantitative estimate of drug-likeness (QED) is 0.773. The molecule has 0 bridgehead atoms. The summed E-state index contributed by atoms with van der Waals surface area (Å²) in [5, 5.41) is 8.23. The summed E-state index contributed by atoms with van der Waals surface area (Å²) in [7, 11) is 2.07. The fourth-order valence-electron chi connectivity index (χ4n) is 3.58. The molecule has 3 heterocycles. The van der Waals surface area contributed by atoms with Crippen molar-refractivity contribution in [2.75, 3.05) is 25.0 Å². The first-order valence-corrected chi connectivity index (χ1v) is 8.57. The maximum Gasteiger partial charge on any atom is 0.151 e. The molecule has 130 valence electrons. The van der Waals surface area contributed by atoms with Crippen molar-refractivity contribution in [3.63, 3.8) is 0 Å². The first-order valence-electron chi connectivity index (χ1n) is 8.57. The van der Waals surface area contributed by atoms with Gasteiger partial charge in [-0.15, -0.1) is 5.10 Å². The van der Waals surface area contributed by atoms with E-state index in [4.69, 9.17) is 0 Å². The first kappa shape index (κ1) is 16.0. The fraction of sp³-hybridized carbons (Fsp3) is 0.389. The summed E-state index contributed by atoms with van der Waals surface area (Å²) < 4.78 is 13.8. The highest BCUT2D eigenvalue weighted by molar-refractivity contribution is 5.75. The van der Waals surface area contributed by atoms with Crippen LogP contribution in [0.15, 0.2) is 36.5 Å². The van der Waals surface area contributed by atoms with Crippen LogP contribution in [-0.4, -0.2) is 51.2 Å². The molecular formula is C18H21FN6. The van der Waals surface area contributed by atoms with E-state index in [9.17, 15) is 4.39 Å². The van der Waals surface area contributed by atoms with E-state index in [0.29, 0.717) is 18.1 Å². The smallest absolute Gasteiger partial charge is 0.151 e. The number of H-pyrrole nitrogens is 1. The minimum Gasteiger partial charge on any atom is -0.351 e. The van der Waals surface area contributed by atoms with E-state index < -0.39 is 0 Å². The van der Waals surface area contributed by atoms with Gasteiger partial charge in [-0.3, -0.25) is 4.90 Å². The zero-order chi connectivity index (χ0) is 17.2. The minimum absolute atomic E-state index is 0.285. The average Bonchev–Trinajstić information content (AvgIpc) is 3.23. The van der Waals surface area contributed by atoms with Gasteiger partial charge >= 0.3 is 0 Å². The Morgan fingerprint density at radius 2 is 2.24 bits per heavy atom. The molecule has 6 nitrogen and oxygen atoms in total. The summed E-state index contributed by atoms with van der Waals surface area (Å²) in [6.07, 6.45) is 3.99. The Morgan fingerprint density at radius 3 is 3.04 bits per heavy atom. The first-order chi connectivity index (χ1) is 12.2. The lowest BCUT2D eigenvalue weighted by molar-refractivity contribution is 0.297. The van der Waals surface area contributed by atoms with Crippen molar-refractivity contribution in [3.8, 4) is 0 Å². The molecule has 7 heteroatoms. The summed E-state index contributed by atoms with van der Waals surface area (Å²) in [5.74, 6) is 1.43. The van der Waals surface area contributed by atoms with Gasteiger partial charge in [0.2, 0.25) is 0 Å². The summed E-state index contributed by atoms with van der Waals surface area (Å²) in [6.45, 7) is 2.56. The normalized spacial score (nSPS) is 17.7. The monoisotopic (exact) mass is 340 g/mol. The van der Waals surface area contributed by atoms with Crippen LogP contribution < -0.4 is 4.90 Å². The molecule has 2 aromatic heterocycles. The van der Waals surface area contributed by atoms with Crippen molar-refractivity contribution < 1.29 is 4.39 Å². The summed E-state index contributed by atoms with van der Waals surface area (Å²) in [5.41, 5.74) is 1.15. The predicted molar refractivity (Wildman–Crippen MR) is 94.8 cm³/mol. The summed E-state index contributed by atoms with van der Waals surface area (Å²) in [4.78, 5) is 12.1. The summed E-state index contributed by atoms with van der Waals surface area (Å²) >= 11 is 0. The molecule has 0 amide bonds. The lowest BCUT2D eigenvalue weighted by Gasteiger charge is -2.28. The molecule has 0 saturated carbocycles. The number of nitrogens with zero attached hydrogens (tertiary/aromatic N) is 5. The summed E-state index contributed by atoms with van der Waals surface area (Å²) in [6, 6.07) is 9.32. The second-order valence-corrected chi connectivity index (χ2v) is 6.59. The second-order valence-electron chi connectivity index (χ2n) is 6.59. The minimum atomic E-state index is -0.285. The lowest BCUT2D eigenvalue weighted by Crippen LogP contribution is -2.39. The third-order valence-electron chi connectivity index (χ3n) is 4.68. The fourth-order valence-corrected chi connectivity index (χ4v) is 3.58. The van der Waals surface area contributed by atoms with Crippen LogP contribution in [0.25, 0.3) is 11.0 Å². The Hall–Kier alpha value is -2.54. The highest BCUT2D eigenvalue weighted by atomic mass is 19.1. The van der Waals surface area contributed by atoms with E-state index >= 15 is 0 Å². The van der Waals surface area contributed by atoms with Crippen molar-refractivity contribution >= 4 is 16.9 Å². The molecule has 1 aromatic carbocycles. The van der Waals surface area contributed by atoms with Crippen molar-refractivity contribution in [2.24, 2.45) is 0 Å². The number of anilines is 1. The maximum absolute atomic E-state index is 13.8. The van der Waals surface area contributed by atoms with Gasteiger partial charge in [-0.2, -0.15) is 5.10 Å². The zero-order valence-electron chi connectivity index (χ0n) is 14.2. The van der Waals surface area contributed by atoms with Crippen LogP contribution in [-0.2, 0) is 6.54 Å². The van der Waals surface area contributed by atoms with E-state index in [1.54, 1.807) is 12.3 Å². The van der Waals surface area contributed by atoms with E-state index in [0.717, 1.165) is 43.1 Å². The molecule has 4 rings (SSSR count). The van der Waals surface area contributed by atoms with E-state index in [-0.39, 0.29) is 5.82 Å². The number of rotatable bonds is 5. The topological polar surface area (TPSA) is 60.9 Å². The number of aromatic amines is 1. The highest BCUT2D eigenvalue weighted by Gasteiger charge is 2.27. The number of likely N-dealkylation sites (N-methyl/N-ethyl adjacent to an activating group) is 1. The van der Waals surface area contributed by atoms with Gasteiger partial charge in [0.25, 0.3) is 0 Å². The molecule has 1 N–H and O–H groups in total. The number of fused-ring (bicyclic) bond motifs is 1. The number of nitrogens with one attached hydrogen (secondary N) is 1. The van der Waals surface area contributed by atoms with Crippen LogP contribution >= 0.6 is 0 Å². The Labute approximate surface area is 145 Å². The standard InChI is InChI=1S/C18H21FN6/c1-24(12-16-21-15-7-2-6-14(19)18(15)22-16)11-13-5-4-10-25(13)17-8-3-9-20-23-17/h2-3,6-9,13H,4-5,10-12H2,1H3,(H,21,22)/t13-/m1/s1. The van der Waals surface area contributed by atoms with E-state index in [1.807, 2.05) is 18.2 Å². The van der Waals surface area contributed by atoms with Gasteiger partial charge < -0.3 is 9.88 Å². The Balaban J connectivity index is 1.44. The van der Waals surface area contributed by atoms with Crippen LogP contribution in [0.1, 0.15) is 18.7 Å². The van der Waals surface area contributed by atoms with Crippen LogP contribution in [0, 0.1) is 5.82 Å². The van der Waals surface area contributed by atoms with Crippen LogP contribution in [0.2, 0.25) is 0 Å². The number of hydrogen-bond donors (Lipinski definition) is 1. The Morgan fingerprint density at radius 1 is 1.32 bits per heavy atom. The zero-order valence-corrected chi connectivity index (χ0v) is 14.2. The van der Waals surface area contributed by atoms with E-state index in [1.165, 1.54) is 6.07 Å². The Kier molecular flexibility index (Phi) is 4.31. The van der Waals surface area contributed by atoms with Gasteiger partial charge in [-0.25, -0.2) is 9.37 Å². The molecule has 1 aliphatic rings. The average molecular weight is 340 g/mol. The van der Waals surface area contributed by atoms with Gasteiger partial charge in [0.15, 0.2) is 11.6 Å². The number of benzene rings is 1. The lowest BCUT2D eigenvalue weighted by atomic mass is 10.2. The molecule has 1 fully saturated rings. The van der Waals surface area contributed by atoms with Crippen molar-refractivity contribution in [2.45, 2.75) is 25.4 Å². The number of imidazole rings is 1. The van der Waals surface area contributed by atoms with E-state index in [2.05, 4.69) is 37.0 Å². The van der Waals surface area contributed by atoms with Gasteiger partial charge in [0.05, 0.1) is 12.1 Å². The number of hydrogen-bond acceptors (Lipinski definition) is 5. The molecule has 1 atom stereocenters. The van der Waals surface area contributed by atoms with Crippen molar-refractivity contribution in [1.29, 1.82) is 0 Å². The highest BCUT2D eigenvalue weighted by Crippen LogP contribution is 2.24. The molecule has 0 unspecified atom stereocenters. The molecule has 0 radical (unpaired) electrons. The van der Waals surface area contributed by atoms with Crippen LogP contribution in [0.5, 0.6) is 0 Å². The van der Waals surface area contributed by atoms with Crippen molar-refractivity contribution in [1.82, 2.24) is 25.1 Å². The molecule has 25 heavy (non-hydrogen) atoms.